The summed E-state index contributed by atoms with van der Waals surface area (Å²) in [7, 11) is 0. The Morgan fingerprint density at radius 3 is 3.00 bits per heavy atom. The SMILES string of the molecule is Cc1nc(CCNc2ccc3ncccc3c2N)no1. The minimum Gasteiger partial charge on any atom is -0.397 e. The van der Waals surface area contributed by atoms with Crippen LogP contribution in [0.15, 0.2) is 35.0 Å². The van der Waals surface area contributed by atoms with Crippen molar-refractivity contribution in [3.8, 4) is 0 Å². The fraction of sp³-hybridized carbons (Fsp3) is 0.214. The van der Waals surface area contributed by atoms with E-state index in [2.05, 4.69) is 20.4 Å². The molecule has 0 spiro atoms. The first kappa shape index (κ1) is 12.4. The summed E-state index contributed by atoms with van der Waals surface area (Å²) in [4.78, 5) is 8.43. The highest BCUT2D eigenvalue weighted by Crippen LogP contribution is 2.27. The zero-order valence-corrected chi connectivity index (χ0v) is 11.1. The van der Waals surface area contributed by atoms with Gasteiger partial charge in [0.25, 0.3) is 0 Å². The molecule has 0 saturated carbocycles. The molecular formula is C14H15N5O. The van der Waals surface area contributed by atoms with E-state index in [1.54, 1.807) is 13.1 Å². The Hall–Kier alpha value is -2.63. The van der Waals surface area contributed by atoms with Crippen molar-refractivity contribution in [1.29, 1.82) is 0 Å². The predicted octanol–water partition coefficient (Wildman–Crippen LogP) is 2.16. The molecule has 102 valence electrons. The molecule has 6 heteroatoms. The molecule has 2 aromatic heterocycles. The lowest BCUT2D eigenvalue weighted by Gasteiger charge is -2.10. The number of rotatable bonds is 4. The summed E-state index contributed by atoms with van der Waals surface area (Å²) in [6.07, 6.45) is 2.44. The fourth-order valence-corrected chi connectivity index (χ4v) is 2.08. The van der Waals surface area contributed by atoms with Gasteiger partial charge in [0.15, 0.2) is 5.82 Å². The van der Waals surface area contributed by atoms with Gasteiger partial charge in [-0.25, -0.2) is 0 Å². The van der Waals surface area contributed by atoms with Gasteiger partial charge < -0.3 is 15.6 Å². The highest BCUT2D eigenvalue weighted by atomic mass is 16.5. The zero-order valence-electron chi connectivity index (χ0n) is 11.1. The van der Waals surface area contributed by atoms with E-state index in [1.165, 1.54) is 0 Å². The van der Waals surface area contributed by atoms with Crippen LogP contribution in [0.1, 0.15) is 11.7 Å². The summed E-state index contributed by atoms with van der Waals surface area (Å²) in [5.74, 6) is 1.27. The maximum Gasteiger partial charge on any atom is 0.223 e. The van der Waals surface area contributed by atoms with E-state index in [0.29, 0.717) is 30.4 Å². The summed E-state index contributed by atoms with van der Waals surface area (Å²) in [5.41, 5.74) is 8.65. The molecule has 0 unspecified atom stereocenters. The van der Waals surface area contributed by atoms with Crippen molar-refractivity contribution >= 4 is 22.3 Å². The van der Waals surface area contributed by atoms with E-state index in [1.807, 2.05) is 24.3 Å². The standard InChI is InChI=1S/C14H15N5O/c1-9-18-13(19-20-9)6-8-17-12-5-4-11-10(14(12)15)3-2-7-16-11/h2-5,7,17H,6,8,15H2,1H3. The molecule has 6 nitrogen and oxygen atoms in total. The average molecular weight is 269 g/mol. The number of anilines is 2. The highest BCUT2D eigenvalue weighted by molar-refractivity contribution is 5.96. The van der Waals surface area contributed by atoms with Gasteiger partial charge in [0.1, 0.15) is 0 Å². The summed E-state index contributed by atoms with van der Waals surface area (Å²) in [6, 6.07) is 7.73. The molecule has 0 aliphatic heterocycles. The molecule has 0 atom stereocenters. The van der Waals surface area contributed by atoms with Crippen LogP contribution in [0.4, 0.5) is 11.4 Å². The van der Waals surface area contributed by atoms with Crippen LogP contribution in [0.2, 0.25) is 0 Å². The molecule has 0 aliphatic rings. The molecular weight excluding hydrogens is 254 g/mol. The third kappa shape index (κ3) is 2.40. The first-order chi connectivity index (χ1) is 9.74. The first-order valence-electron chi connectivity index (χ1n) is 6.40. The number of hydrogen-bond acceptors (Lipinski definition) is 6. The summed E-state index contributed by atoms with van der Waals surface area (Å²) >= 11 is 0. The minimum atomic E-state index is 0.580. The third-order valence-electron chi connectivity index (χ3n) is 3.06. The number of pyridine rings is 1. The largest absolute Gasteiger partial charge is 0.397 e. The molecule has 0 amide bonds. The molecule has 0 radical (unpaired) electrons. The fourth-order valence-electron chi connectivity index (χ4n) is 2.08. The molecule has 2 heterocycles. The van der Waals surface area contributed by atoms with Crippen molar-refractivity contribution in [1.82, 2.24) is 15.1 Å². The molecule has 0 bridgehead atoms. The Morgan fingerprint density at radius 1 is 1.30 bits per heavy atom. The normalized spacial score (nSPS) is 10.8. The van der Waals surface area contributed by atoms with Crippen molar-refractivity contribution in [3.63, 3.8) is 0 Å². The van der Waals surface area contributed by atoms with Crippen LogP contribution in [-0.4, -0.2) is 21.7 Å². The third-order valence-corrected chi connectivity index (χ3v) is 3.06. The van der Waals surface area contributed by atoms with Crippen molar-refractivity contribution in [2.75, 3.05) is 17.6 Å². The van der Waals surface area contributed by atoms with E-state index in [0.717, 1.165) is 16.6 Å². The van der Waals surface area contributed by atoms with Crippen molar-refractivity contribution in [2.45, 2.75) is 13.3 Å². The van der Waals surface area contributed by atoms with Crippen LogP contribution in [0.5, 0.6) is 0 Å². The number of nitrogens with one attached hydrogen (secondary N) is 1. The van der Waals surface area contributed by atoms with Gasteiger partial charge in [-0.15, -0.1) is 0 Å². The summed E-state index contributed by atoms with van der Waals surface area (Å²) < 4.78 is 4.93. The second-order valence-electron chi connectivity index (χ2n) is 4.50. The van der Waals surface area contributed by atoms with Crippen LogP contribution < -0.4 is 11.1 Å². The molecule has 3 N–H and O–H groups in total. The smallest absolute Gasteiger partial charge is 0.223 e. The number of aryl methyl sites for hydroxylation is 1. The van der Waals surface area contributed by atoms with Gasteiger partial charge in [0.2, 0.25) is 5.89 Å². The Morgan fingerprint density at radius 2 is 2.20 bits per heavy atom. The van der Waals surface area contributed by atoms with Gasteiger partial charge in [-0.05, 0) is 24.3 Å². The van der Waals surface area contributed by atoms with Gasteiger partial charge >= 0.3 is 0 Å². The minimum absolute atomic E-state index is 0.580. The first-order valence-corrected chi connectivity index (χ1v) is 6.40. The van der Waals surface area contributed by atoms with Crippen molar-refractivity contribution in [2.24, 2.45) is 0 Å². The Labute approximate surface area is 116 Å². The number of benzene rings is 1. The van der Waals surface area contributed by atoms with Gasteiger partial charge in [-0.3, -0.25) is 4.98 Å². The lowest BCUT2D eigenvalue weighted by atomic mass is 10.1. The molecule has 3 rings (SSSR count). The van der Waals surface area contributed by atoms with E-state index in [-0.39, 0.29) is 0 Å². The Bertz CT molecular complexity index is 737. The average Bonchev–Trinajstić information content (AvgIpc) is 2.87. The monoisotopic (exact) mass is 269 g/mol. The van der Waals surface area contributed by atoms with Gasteiger partial charge in [-0.2, -0.15) is 4.98 Å². The van der Waals surface area contributed by atoms with Crippen LogP contribution in [-0.2, 0) is 6.42 Å². The number of fused-ring (bicyclic) bond motifs is 1. The lowest BCUT2D eigenvalue weighted by Crippen LogP contribution is -2.08. The van der Waals surface area contributed by atoms with Crippen LogP contribution in [0.3, 0.4) is 0 Å². The van der Waals surface area contributed by atoms with Gasteiger partial charge in [0, 0.05) is 31.5 Å². The molecule has 0 saturated heterocycles. The van der Waals surface area contributed by atoms with Crippen LogP contribution in [0.25, 0.3) is 10.9 Å². The Kier molecular flexibility index (Phi) is 3.20. The maximum absolute atomic E-state index is 6.15. The zero-order chi connectivity index (χ0) is 13.9. The molecule has 0 fully saturated rings. The lowest BCUT2D eigenvalue weighted by molar-refractivity contribution is 0.387. The van der Waals surface area contributed by atoms with E-state index in [4.69, 9.17) is 10.3 Å². The van der Waals surface area contributed by atoms with E-state index < -0.39 is 0 Å². The van der Waals surface area contributed by atoms with Crippen molar-refractivity contribution < 1.29 is 4.52 Å². The molecule has 20 heavy (non-hydrogen) atoms. The number of nitrogens with zero attached hydrogens (tertiary/aromatic N) is 3. The Balaban J connectivity index is 1.73. The molecule has 0 aliphatic carbocycles. The van der Waals surface area contributed by atoms with Crippen molar-refractivity contribution in [3.05, 3.63) is 42.2 Å². The number of aromatic nitrogens is 3. The summed E-state index contributed by atoms with van der Waals surface area (Å²) in [6.45, 7) is 2.47. The number of nitrogen functional groups attached to an aromatic ring is 1. The second kappa shape index (κ2) is 5.16. The summed E-state index contributed by atoms with van der Waals surface area (Å²) in [5, 5.41) is 8.09. The number of nitrogens with two attached hydrogens (primary N) is 1. The van der Waals surface area contributed by atoms with Crippen LogP contribution in [0, 0.1) is 6.92 Å². The van der Waals surface area contributed by atoms with E-state index >= 15 is 0 Å². The van der Waals surface area contributed by atoms with Crippen LogP contribution >= 0.6 is 0 Å². The second-order valence-corrected chi connectivity index (χ2v) is 4.50. The molecule has 3 aromatic rings. The highest BCUT2D eigenvalue weighted by Gasteiger charge is 2.06. The number of hydrogen-bond donors (Lipinski definition) is 2. The quantitative estimate of drug-likeness (QED) is 0.705. The van der Waals surface area contributed by atoms with Gasteiger partial charge in [0.05, 0.1) is 16.9 Å². The van der Waals surface area contributed by atoms with Gasteiger partial charge in [-0.1, -0.05) is 5.16 Å². The maximum atomic E-state index is 6.15. The molecule has 1 aromatic carbocycles. The topological polar surface area (TPSA) is 89.9 Å². The predicted molar refractivity (Wildman–Crippen MR) is 77.4 cm³/mol. The van der Waals surface area contributed by atoms with E-state index in [9.17, 15) is 0 Å².